The Morgan fingerprint density at radius 1 is 0.773 bits per heavy atom. The Balaban J connectivity index is 2.27. The first kappa shape index (κ1) is 14.4. The van der Waals surface area contributed by atoms with E-state index >= 15 is 0 Å². The van der Waals surface area contributed by atoms with E-state index in [2.05, 4.69) is 50.2 Å². The van der Waals surface area contributed by atoms with Gasteiger partial charge in [0.25, 0.3) is 0 Å². The molecule has 1 heteroatoms. The van der Waals surface area contributed by atoms with Crippen molar-refractivity contribution < 1.29 is 5.11 Å². The molecule has 1 nitrogen and oxygen atoms in total. The maximum Gasteiger partial charge on any atom is 0.115 e. The molecule has 0 aliphatic rings. The van der Waals surface area contributed by atoms with Crippen LogP contribution in [0, 0.1) is 6.92 Å². The van der Waals surface area contributed by atoms with Crippen LogP contribution < -0.4 is 0 Å². The van der Waals surface area contributed by atoms with E-state index in [0.29, 0.717) is 5.75 Å². The van der Waals surface area contributed by atoms with E-state index in [1.807, 2.05) is 18.2 Å². The molecule has 0 heterocycles. The van der Waals surface area contributed by atoms with Crippen molar-refractivity contribution in [3.05, 3.63) is 77.9 Å². The van der Waals surface area contributed by atoms with E-state index in [9.17, 15) is 5.11 Å². The molecule has 3 aromatic rings. The summed E-state index contributed by atoms with van der Waals surface area (Å²) in [6.45, 7) is 4.37. The summed E-state index contributed by atoms with van der Waals surface area (Å²) in [4.78, 5) is 0. The Kier molecular flexibility index (Phi) is 3.97. The van der Waals surface area contributed by atoms with Crippen molar-refractivity contribution in [1.82, 2.24) is 0 Å². The summed E-state index contributed by atoms with van der Waals surface area (Å²) in [5.41, 5.74) is 7.53. The van der Waals surface area contributed by atoms with Crippen molar-refractivity contribution in [2.45, 2.75) is 20.3 Å². The van der Waals surface area contributed by atoms with Crippen LogP contribution in [0.3, 0.4) is 0 Å². The van der Waals surface area contributed by atoms with Crippen LogP contribution in [0.2, 0.25) is 0 Å². The lowest BCUT2D eigenvalue weighted by molar-refractivity contribution is 0.475. The first-order chi connectivity index (χ1) is 10.7. The molecule has 0 saturated carbocycles. The fraction of sp³-hybridized carbons (Fsp3) is 0.143. The quantitative estimate of drug-likeness (QED) is 0.665. The van der Waals surface area contributed by atoms with Crippen molar-refractivity contribution in [3.63, 3.8) is 0 Å². The molecule has 0 amide bonds. The van der Waals surface area contributed by atoms with Crippen LogP contribution in [-0.4, -0.2) is 5.11 Å². The van der Waals surface area contributed by atoms with Gasteiger partial charge in [-0.05, 0) is 58.9 Å². The molecule has 3 rings (SSSR count). The van der Waals surface area contributed by atoms with Gasteiger partial charge in [0.1, 0.15) is 5.75 Å². The van der Waals surface area contributed by atoms with E-state index in [1.54, 1.807) is 12.1 Å². The minimum Gasteiger partial charge on any atom is -0.508 e. The number of aryl methyl sites for hydroxylation is 1. The monoisotopic (exact) mass is 288 g/mol. The third kappa shape index (κ3) is 2.62. The molecule has 1 N–H and O–H groups in total. The van der Waals surface area contributed by atoms with Gasteiger partial charge >= 0.3 is 0 Å². The Labute approximate surface area is 131 Å². The number of aromatic hydroxyl groups is 1. The summed E-state index contributed by atoms with van der Waals surface area (Å²) in [6, 6.07) is 22.4. The molecule has 0 aliphatic carbocycles. The Hall–Kier alpha value is -2.54. The topological polar surface area (TPSA) is 20.2 Å². The second-order valence-electron chi connectivity index (χ2n) is 5.54. The minimum atomic E-state index is 0.300. The summed E-state index contributed by atoms with van der Waals surface area (Å²) in [7, 11) is 0. The lowest BCUT2D eigenvalue weighted by Gasteiger charge is -2.17. The van der Waals surface area contributed by atoms with Gasteiger partial charge in [-0.1, -0.05) is 61.5 Å². The van der Waals surface area contributed by atoms with Gasteiger partial charge in [-0.2, -0.15) is 0 Å². The number of phenolic OH excluding ortho intramolecular Hbond substituents is 1. The van der Waals surface area contributed by atoms with Gasteiger partial charge in [0.05, 0.1) is 0 Å². The number of hydrogen-bond donors (Lipinski definition) is 1. The maximum atomic E-state index is 9.56. The van der Waals surface area contributed by atoms with E-state index in [-0.39, 0.29) is 0 Å². The predicted octanol–water partition coefficient (Wildman–Crippen LogP) is 5.60. The van der Waals surface area contributed by atoms with Gasteiger partial charge in [0.15, 0.2) is 0 Å². The lowest BCUT2D eigenvalue weighted by atomic mass is 9.88. The van der Waals surface area contributed by atoms with Crippen LogP contribution in [0.25, 0.3) is 22.3 Å². The van der Waals surface area contributed by atoms with Gasteiger partial charge in [-0.3, -0.25) is 0 Å². The second kappa shape index (κ2) is 6.07. The van der Waals surface area contributed by atoms with Crippen molar-refractivity contribution >= 4 is 0 Å². The molecule has 0 radical (unpaired) electrons. The third-order valence-corrected chi connectivity index (χ3v) is 4.20. The highest BCUT2D eigenvalue weighted by Crippen LogP contribution is 2.37. The normalized spacial score (nSPS) is 10.6. The van der Waals surface area contributed by atoms with Crippen LogP contribution in [0.4, 0.5) is 0 Å². The SMILES string of the molecule is CCc1ccc(-c2ccccc2)c(-c2ccc(O)cc2)c1C. The molecule has 0 aromatic heterocycles. The molecular formula is C21H20O. The van der Waals surface area contributed by atoms with Crippen LogP contribution in [0.1, 0.15) is 18.1 Å². The van der Waals surface area contributed by atoms with E-state index in [4.69, 9.17) is 0 Å². The number of hydrogen-bond acceptors (Lipinski definition) is 1. The van der Waals surface area contributed by atoms with Crippen LogP contribution in [0.5, 0.6) is 5.75 Å². The van der Waals surface area contributed by atoms with Crippen LogP contribution in [-0.2, 0) is 6.42 Å². The zero-order valence-corrected chi connectivity index (χ0v) is 13.0. The highest BCUT2D eigenvalue weighted by Gasteiger charge is 2.12. The first-order valence-electron chi connectivity index (χ1n) is 7.68. The summed E-state index contributed by atoms with van der Waals surface area (Å²) >= 11 is 0. The fourth-order valence-corrected chi connectivity index (χ4v) is 3.00. The molecule has 0 bridgehead atoms. The molecule has 0 atom stereocenters. The molecular weight excluding hydrogens is 268 g/mol. The van der Waals surface area contributed by atoms with E-state index in [0.717, 1.165) is 12.0 Å². The smallest absolute Gasteiger partial charge is 0.115 e. The molecule has 0 fully saturated rings. The summed E-state index contributed by atoms with van der Waals surface area (Å²) < 4.78 is 0. The molecule has 0 unspecified atom stereocenters. The van der Waals surface area contributed by atoms with E-state index < -0.39 is 0 Å². The van der Waals surface area contributed by atoms with Gasteiger partial charge < -0.3 is 5.11 Å². The summed E-state index contributed by atoms with van der Waals surface area (Å²) in [6.07, 6.45) is 1.02. The van der Waals surface area contributed by atoms with Gasteiger partial charge in [0, 0.05) is 0 Å². The van der Waals surface area contributed by atoms with Crippen molar-refractivity contribution in [2.24, 2.45) is 0 Å². The highest BCUT2D eigenvalue weighted by atomic mass is 16.3. The highest BCUT2D eigenvalue weighted by molar-refractivity contribution is 5.86. The van der Waals surface area contributed by atoms with Gasteiger partial charge in [-0.15, -0.1) is 0 Å². The fourth-order valence-electron chi connectivity index (χ4n) is 3.00. The molecule has 3 aromatic carbocycles. The lowest BCUT2D eigenvalue weighted by Crippen LogP contribution is -1.94. The number of rotatable bonds is 3. The average molecular weight is 288 g/mol. The standard InChI is InChI=1S/C21H20O/c1-3-16-11-14-20(17-7-5-4-6-8-17)21(15(16)2)18-9-12-19(22)13-10-18/h4-14,22H,3H2,1-2H3. The summed E-state index contributed by atoms with van der Waals surface area (Å²) in [5.74, 6) is 0.300. The minimum absolute atomic E-state index is 0.300. The van der Waals surface area contributed by atoms with Crippen molar-refractivity contribution in [2.75, 3.05) is 0 Å². The summed E-state index contributed by atoms with van der Waals surface area (Å²) in [5, 5.41) is 9.56. The molecule has 0 aliphatic heterocycles. The predicted molar refractivity (Wildman–Crippen MR) is 93.1 cm³/mol. The maximum absolute atomic E-state index is 9.56. The zero-order valence-electron chi connectivity index (χ0n) is 13.0. The van der Waals surface area contributed by atoms with Crippen molar-refractivity contribution in [1.29, 1.82) is 0 Å². The largest absolute Gasteiger partial charge is 0.508 e. The Bertz CT molecular complexity index is 771. The average Bonchev–Trinajstić information content (AvgIpc) is 2.56. The zero-order chi connectivity index (χ0) is 15.5. The van der Waals surface area contributed by atoms with E-state index in [1.165, 1.54) is 27.8 Å². The molecule has 0 spiro atoms. The Morgan fingerprint density at radius 2 is 1.45 bits per heavy atom. The number of benzene rings is 3. The van der Waals surface area contributed by atoms with Crippen molar-refractivity contribution in [3.8, 4) is 28.0 Å². The first-order valence-corrected chi connectivity index (χ1v) is 7.68. The molecule has 0 saturated heterocycles. The molecule has 22 heavy (non-hydrogen) atoms. The van der Waals surface area contributed by atoms with Gasteiger partial charge in [-0.25, -0.2) is 0 Å². The third-order valence-electron chi connectivity index (χ3n) is 4.20. The second-order valence-corrected chi connectivity index (χ2v) is 5.54. The molecule has 110 valence electrons. The Morgan fingerprint density at radius 3 is 2.09 bits per heavy atom. The van der Waals surface area contributed by atoms with Crippen LogP contribution >= 0.6 is 0 Å². The van der Waals surface area contributed by atoms with Crippen LogP contribution in [0.15, 0.2) is 66.7 Å². The van der Waals surface area contributed by atoms with Gasteiger partial charge in [0.2, 0.25) is 0 Å². The number of phenols is 1.